The fourth-order valence-electron chi connectivity index (χ4n) is 5.53. The Hall–Kier alpha value is -2.54. The van der Waals surface area contributed by atoms with Gasteiger partial charge in [-0.2, -0.15) is 0 Å². The molecule has 3 aromatic rings. The number of para-hydroxylation sites is 1. The fraction of sp³-hybridized carbons (Fsp3) is 0.400. The van der Waals surface area contributed by atoms with Crippen molar-refractivity contribution < 1.29 is 5.11 Å². The lowest BCUT2D eigenvalue weighted by Gasteiger charge is -2.33. The Labute approximate surface area is 188 Å². The summed E-state index contributed by atoms with van der Waals surface area (Å²) in [6, 6.07) is 23.7. The molecule has 0 spiro atoms. The number of phenols is 1. The molecule has 0 amide bonds. The van der Waals surface area contributed by atoms with Gasteiger partial charge < -0.3 is 5.11 Å². The first-order valence-electron chi connectivity index (χ1n) is 12.2. The number of phenolic OH excluding ortho intramolecular Hbond substituents is 1. The van der Waals surface area contributed by atoms with E-state index in [0.717, 1.165) is 11.1 Å². The van der Waals surface area contributed by atoms with Gasteiger partial charge in [-0.1, -0.05) is 113 Å². The zero-order chi connectivity index (χ0) is 21.7. The molecule has 0 radical (unpaired) electrons. The molecule has 1 atom stereocenters. The highest BCUT2D eigenvalue weighted by Gasteiger charge is 2.42. The normalized spacial score (nSPS) is 16.8. The third-order valence-corrected chi connectivity index (χ3v) is 7.15. The molecule has 1 aliphatic rings. The van der Waals surface area contributed by atoms with Crippen LogP contribution >= 0.6 is 0 Å². The van der Waals surface area contributed by atoms with Gasteiger partial charge in [-0.3, -0.25) is 0 Å². The number of benzene rings is 3. The molecule has 31 heavy (non-hydrogen) atoms. The van der Waals surface area contributed by atoms with Gasteiger partial charge >= 0.3 is 0 Å². The molecule has 0 bridgehead atoms. The third-order valence-electron chi connectivity index (χ3n) is 7.15. The van der Waals surface area contributed by atoms with Crippen molar-refractivity contribution in [3.05, 3.63) is 77.9 Å². The van der Waals surface area contributed by atoms with E-state index >= 15 is 0 Å². The second kappa shape index (κ2) is 9.73. The maximum absolute atomic E-state index is 10.5. The van der Waals surface area contributed by atoms with Crippen molar-refractivity contribution in [1.82, 2.24) is 0 Å². The number of unbranched alkanes of at least 4 members (excludes halogenated alkanes) is 5. The summed E-state index contributed by atoms with van der Waals surface area (Å²) in [6.45, 7) is 4.58. The summed E-state index contributed by atoms with van der Waals surface area (Å²) in [5.41, 5.74) is 7.94. The van der Waals surface area contributed by atoms with E-state index in [1.165, 1.54) is 80.0 Å². The molecule has 0 aromatic heterocycles. The van der Waals surface area contributed by atoms with E-state index in [2.05, 4.69) is 56.3 Å². The monoisotopic (exact) mass is 412 g/mol. The predicted molar refractivity (Wildman–Crippen MR) is 133 cm³/mol. The average Bonchev–Trinajstić information content (AvgIpc) is 3.07. The smallest absolute Gasteiger partial charge is 0.123 e. The van der Waals surface area contributed by atoms with Gasteiger partial charge in [-0.05, 0) is 52.8 Å². The van der Waals surface area contributed by atoms with Crippen LogP contribution in [0.5, 0.6) is 5.75 Å². The van der Waals surface area contributed by atoms with Crippen molar-refractivity contribution >= 4 is 0 Å². The highest BCUT2D eigenvalue weighted by molar-refractivity contribution is 5.84. The molecule has 0 fully saturated rings. The van der Waals surface area contributed by atoms with Crippen LogP contribution in [0.15, 0.2) is 66.7 Å². The van der Waals surface area contributed by atoms with Gasteiger partial charge in [0, 0.05) is 11.0 Å². The molecule has 1 heteroatoms. The van der Waals surface area contributed by atoms with Gasteiger partial charge in [0.2, 0.25) is 0 Å². The van der Waals surface area contributed by atoms with E-state index in [1.807, 2.05) is 18.2 Å². The molecule has 162 valence electrons. The van der Waals surface area contributed by atoms with Gasteiger partial charge in [0.15, 0.2) is 0 Å². The van der Waals surface area contributed by atoms with Crippen molar-refractivity contribution in [2.45, 2.75) is 77.0 Å². The minimum absolute atomic E-state index is 0.0925. The van der Waals surface area contributed by atoms with Crippen molar-refractivity contribution in [3.8, 4) is 28.0 Å². The van der Waals surface area contributed by atoms with Crippen LogP contribution in [0.25, 0.3) is 22.3 Å². The van der Waals surface area contributed by atoms with Crippen LogP contribution in [0, 0.1) is 0 Å². The largest absolute Gasteiger partial charge is 0.507 e. The summed E-state index contributed by atoms with van der Waals surface area (Å²) in [5, 5.41) is 10.5. The molecule has 0 saturated carbocycles. The zero-order valence-corrected chi connectivity index (χ0v) is 19.2. The van der Waals surface area contributed by atoms with Crippen molar-refractivity contribution in [2.24, 2.45) is 0 Å². The van der Waals surface area contributed by atoms with Crippen molar-refractivity contribution in [1.29, 1.82) is 0 Å². The third kappa shape index (κ3) is 4.15. The molecule has 0 heterocycles. The number of aromatic hydroxyl groups is 1. The minimum atomic E-state index is 0.0925. The lowest BCUT2D eigenvalue weighted by atomic mass is 9.70. The van der Waals surface area contributed by atoms with E-state index in [9.17, 15) is 5.11 Å². The average molecular weight is 413 g/mol. The molecular weight excluding hydrogens is 376 g/mol. The van der Waals surface area contributed by atoms with E-state index in [0.29, 0.717) is 5.75 Å². The van der Waals surface area contributed by atoms with Crippen LogP contribution in [0.2, 0.25) is 0 Å². The molecule has 1 aliphatic carbocycles. The second-order valence-corrected chi connectivity index (χ2v) is 9.17. The Bertz CT molecular complexity index is 1020. The molecular formula is C30H36O. The van der Waals surface area contributed by atoms with E-state index in [1.54, 1.807) is 6.07 Å². The molecule has 0 aliphatic heterocycles. The highest BCUT2D eigenvalue weighted by Crippen LogP contribution is 2.55. The predicted octanol–water partition coefficient (Wildman–Crippen LogP) is 8.88. The highest BCUT2D eigenvalue weighted by atomic mass is 16.3. The van der Waals surface area contributed by atoms with Gasteiger partial charge in [-0.25, -0.2) is 0 Å². The van der Waals surface area contributed by atoms with Gasteiger partial charge in [0.05, 0.1) is 0 Å². The summed E-state index contributed by atoms with van der Waals surface area (Å²) >= 11 is 0. The number of hydrogen-bond acceptors (Lipinski definition) is 1. The molecule has 0 saturated heterocycles. The summed E-state index contributed by atoms with van der Waals surface area (Å²) in [6.07, 6.45) is 11.4. The molecule has 3 aromatic carbocycles. The van der Waals surface area contributed by atoms with E-state index in [-0.39, 0.29) is 5.41 Å². The van der Waals surface area contributed by atoms with Gasteiger partial charge in [-0.15, -0.1) is 0 Å². The minimum Gasteiger partial charge on any atom is -0.507 e. The zero-order valence-electron chi connectivity index (χ0n) is 19.2. The first kappa shape index (κ1) is 21.7. The van der Waals surface area contributed by atoms with Gasteiger partial charge in [0.1, 0.15) is 5.75 Å². The van der Waals surface area contributed by atoms with Crippen LogP contribution in [-0.2, 0) is 5.41 Å². The Morgan fingerprint density at radius 2 is 1.23 bits per heavy atom. The standard InChI is InChI=1S/C30H36O/c1-3-5-7-13-21-30(20-12-6-4-2)27-16-10-8-15-25(27)26-19-18-23(22-28(26)30)24-14-9-11-17-29(24)31/h8-11,14-19,22,31H,3-7,12-13,20-21H2,1-2H3. The van der Waals surface area contributed by atoms with Crippen LogP contribution < -0.4 is 0 Å². The number of fused-ring (bicyclic) bond motifs is 3. The van der Waals surface area contributed by atoms with E-state index < -0.39 is 0 Å². The molecule has 1 nitrogen and oxygen atoms in total. The Kier molecular flexibility index (Phi) is 6.80. The second-order valence-electron chi connectivity index (χ2n) is 9.17. The van der Waals surface area contributed by atoms with Crippen LogP contribution in [0.3, 0.4) is 0 Å². The number of rotatable bonds is 10. The van der Waals surface area contributed by atoms with Crippen LogP contribution in [0.4, 0.5) is 0 Å². The fourth-order valence-corrected chi connectivity index (χ4v) is 5.53. The summed E-state index contributed by atoms with van der Waals surface area (Å²) in [7, 11) is 0. The first-order chi connectivity index (χ1) is 15.2. The molecule has 1 unspecified atom stereocenters. The van der Waals surface area contributed by atoms with Crippen LogP contribution in [0.1, 0.15) is 82.8 Å². The number of hydrogen-bond donors (Lipinski definition) is 1. The Morgan fingerprint density at radius 3 is 1.97 bits per heavy atom. The maximum atomic E-state index is 10.5. The molecule has 1 N–H and O–H groups in total. The lowest BCUT2D eigenvalue weighted by molar-refractivity contribution is 0.403. The molecule has 4 rings (SSSR count). The Morgan fingerprint density at radius 1 is 0.613 bits per heavy atom. The lowest BCUT2D eigenvalue weighted by Crippen LogP contribution is -2.25. The van der Waals surface area contributed by atoms with Crippen molar-refractivity contribution in [2.75, 3.05) is 0 Å². The maximum Gasteiger partial charge on any atom is 0.123 e. The summed E-state index contributed by atoms with van der Waals surface area (Å²) in [5.74, 6) is 0.359. The Balaban J connectivity index is 1.83. The topological polar surface area (TPSA) is 20.2 Å². The quantitative estimate of drug-likeness (QED) is 0.330. The summed E-state index contributed by atoms with van der Waals surface area (Å²) < 4.78 is 0. The SMILES string of the molecule is CCCCCCC1(CCCCC)c2ccccc2-c2ccc(-c3ccccc3O)cc21. The van der Waals surface area contributed by atoms with E-state index in [4.69, 9.17) is 0 Å². The van der Waals surface area contributed by atoms with Gasteiger partial charge in [0.25, 0.3) is 0 Å². The first-order valence-corrected chi connectivity index (χ1v) is 12.2. The van der Waals surface area contributed by atoms with Crippen LogP contribution in [-0.4, -0.2) is 5.11 Å². The van der Waals surface area contributed by atoms with Crippen molar-refractivity contribution in [3.63, 3.8) is 0 Å². The summed E-state index contributed by atoms with van der Waals surface area (Å²) in [4.78, 5) is 0.